The number of ether oxygens (including phenoxy) is 1. The molecule has 0 fully saturated rings. The smallest absolute Gasteiger partial charge is 0.338 e. The third kappa shape index (κ3) is 5.73. The van der Waals surface area contributed by atoms with E-state index in [0.29, 0.717) is 11.3 Å². The van der Waals surface area contributed by atoms with Gasteiger partial charge in [0.15, 0.2) is 6.61 Å². The summed E-state index contributed by atoms with van der Waals surface area (Å²) in [5.74, 6) is -1.17. The molecule has 2 amide bonds. The predicted molar refractivity (Wildman–Crippen MR) is 98.8 cm³/mol. The van der Waals surface area contributed by atoms with Crippen LogP contribution in [0.5, 0.6) is 0 Å². The largest absolute Gasteiger partial charge is 0.452 e. The molecule has 0 spiro atoms. The lowest BCUT2D eigenvalue weighted by atomic mass is 10.1. The fourth-order valence-corrected chi connectivity index (χ4v) is 2.33. The lowest BCUT2D eigenvalue weighted by molar-refractivity contribution is -0.124. The molecular formula is C20H22N2O4. The van der Waals surface area contributed by atoms with Gasteiger partial charge in [-0.3, -0.25) is 9.59 Å². The highest BCUT2D eigenvalue weighted by Gasteiger charge is 2.13. The zero-order chi connectivity index (χ0) is 19.1. The number of benzene rings is 2. The monoisotopic (exact) mass is 354 g/mol. The summed E-state index contributed by atoms with van der Waals surface area (Å²) >= 11 is 0. The van der Waals surface area contributed by atoms with Crippen LogP contribution >= 0.6 is 0 Å². The Morgan fingerprint density at radius 1 is 1.00 bits per heavy atom. The molecular weight excluding hydrogens is 332 g/mol. The summed E-state index contributed by atoms with van der Waals surface area (Å²) in [5.41, 5.74) is 3.01. The highest BCUT2D eigenvalue weighted by molar-refractivity contribution is 5.93. The molecule has 2 aromatic rings. The van der Waals surface area contributed by atoms with Gasteiger partial charge in [0, 0.05) is 12.6 Å². The highest BCUT2D eigenvalue weighted by Crippen LogP contribution is 2.13. The molecule has 6 nitrogen and oxygen atoms in total. The zero-order valence-electron chi connectivity index (χ0n) is 15.0. The third-order valence-electron chi connectivity index (χ3n) is 3.73. The van der Waals surface area contributed by atoms with E-state index in [-0.39, 0.29) is 24.5 Å². The van der Waals surface area contributed by atoms with Gasteiger partial charge in [0.2, 0.25) is 5.91 Å². The quantitative estimate of drug-likeness (QED) is 0.781. The van der Waals surface area contributed by atoms with Crippen molar-refractivity contribution in [3.05, 3.63) is 65.2 Å². The van der Waals surface area contributed by atoms with Crippen molar-refractivity contribution < 1.29 is 19.1 Å². The molecule has 2 aromatic carbocycles. The first-order chi connectivity index (χ1) is 12.3. The molecule has 136 valence electrons. The van der Waals surface area contributed by atoms with Gasteiger partial charge < -0.3 is 15.4 Å². The normalized spacial score (nSPS) is 11.3. The number of aryl methyl sites for hydroxylation is 1. The number of esters is 1. The van der Waals surface area contributed by atoms with Gasteiger partial charge in [-0.25, -0.2) is 4.79 Å². The minimum Gasteiger partial charge on any atom is -0.452 e. The van der Waals surface area contributed by atoms with Crippen molar-refractivity contribution in [2.24, 2.45) is 0 Å². The van der Waals surface area contributed by atoms with Gasteiger partial charge in [-0.1, -0.05) is 29.8 Å². The van der Waals surface area contributed by atoms with Crippen molar-refractivity contribution in [1.29, 1.82) is 0 Å². The Morgan fingerprint density at radius 3 is 2.19 bits per heavy atom. The van der Waals surface area contributed by atoms with Crippen LogP contribution < -0.4 is 10.6 Å². The van der Waals surface area contributed by atoms with Gasteiger partial charge >= 0.3 is 5.97 Å². The first kappa shape index (κ1) is 19.2. The van der Waals surface area contributed by atoms with Crippen LogP contribution in [0.1, 0.15) is 41.4 Å². The molecule has 6 heteroatoms. The van der Waals surface area contributed by atoms with Crippen molar-refractivity contribution in [3.63, 3.8) is 0 Å². The number of hydrogen-bond acceptors (Lipinski definition) is 4. The van der Waals surface area contributed by atoms with Crippen molar-refractivity contribution in [2.75, 3.05) is 11.9 Å². The first-order valence-corrected chi connectivity index (χ1v) is 8.26. The number of carbonyl (C=O) groups is 3. The van der Waals surface area contributed by atoms with E-state index in [1.807, 2.05) is 38.1 Å². The van der Waals surface area contributed by atoms with Crippen LogP contribution in [-0.2, 0) is 14.3 Å². The van der Waals surface area contributed by atoms with Crippen LogP contribution in [0.4, 0.5) is 5.69 Å². The number of nitrogens with one attached hydrogen (secondary N) is 2. The Kier molecular flexibility index (Phi) is 6.49. The lowest BCUT2D eigenvalue weighted by Crippen LogP contribution is -2.31. The van der Waals surface area contributed by atoms with Gasteiger partial charge in [-0.2, -0.15) is 0 Å². The van der Waals surface area contributed by atoms with E-state index < -0.39 is 5.97 Å². The molecule has 0 aliphatic rings. The standard InChI is InChI=1S/C20H22N2O4/c1-13-4-6-16(7-5-13)14(2)21-19(24)12-26-20(25)17-8-10-18(11-9-17)22-15(3)23/h4-11,14H,12H2,1-3H3,(H,21,24)(H,22,23)/t14-/m0/s1. The van der Waals surface area contributed by atoms with Gasteiger partial charge in [0.25, 0.3) is 5.91 Å². The molecule has 0 saturated heterocycles. The molecule has 0 radical (unpaired) electrons. The van der Waals surface area contributed by atoms with Crippen molar-refractivity contribution >= 4 is 23.5 Å². The Bertz CT molecular complexity index is 782. The van der Waals surface area contributed by atoms with Crippen molar-refractivity contribution in [2.45, 2.75) is 26.8 Å². The van der Waals surface area contributed by atoms with Gasteiger partial charge in [-0.15, -0.1) is 0 Å². The average molecular weight is 354 g/mol. The Balaban J connectivity index is 1.83. The minimum absolute atomic E-state index is 0.182. The van der Waals surface area contributed by atoms with Crippen LogP contribution in [0.3, 0.4) is 0 Å². The van der Waals surface area contributed by atoms with E-state index in [9.17, 15) is 14.4 Å². The summed E-state index contributed by atoms with van der Waals surface area (Å²) in [5, 5.41) is 5.40. The minimum atomic E-state index is -0.600. The van der Waals surface area contributed by atoms with Gasteiger partial charge in [-0.05, 0) is 43.7 Å². The van der Waals surface area contributed by atoms with Gasteiger partial charge in [0.1, 0.15) is 0 Å². The van der Waals surface area contributed by atoms with E-state index in [4.69, 9.17) is 4.74 Å². The lowest BCUT2D eigenvalue weighted by Gasteiger charge is -2.14. The zero-order valence-corrected chi connectivity index (χ0v) is 15.0. The van der Waals surface area contributed by atoms with E-state index >= 15 is 0 Å². The second kappa shape index (κ2) is 8.80. The fraction of sp³-hybridized carbons (Fsp3) is 0.250. The number of hydrogen-bond donors (Lipinski definition) is 2. The van der Waals surface area contributed by atoms with Crippen molar-refractivity contribution in [1.82, 2.24) is 5.32 Å². The van der Waals surface area contributed by atoms with E-state index in [2.05, 4.69) is 10.6 Å². The number of rotatable bonds is 6. The van der Waals surface area contributed by atoms with E-state index in [1.54, 1.807) is 12.1 Å². The maximum Gasteiger partial charge on any atom is 0.338 e. The summed E-state index contributed by atoms with van der Waals surface area (Å²) in [6, 6.07) is 13.9. The molecule has 0 aromatic heterocycles. The number of carbonyl (C=O) groups excluding carboxylic acids is 3. The molecule has 0 saturated carbocycles. The molecule has 0 aliphatic heterocycles. The van der Waals surface area contributed by atoms with Crippen molar-refractivity contribution in [3.8, 4) is 0 Å². The maximum atomic E-state index is 12.0. The second-order valence-electron chi connectivity index (χ2n) is 6.03. The Morgan fingerprint density at radius 2 is 1.62 bits per heavy atom. The summed E-state index contributed by atoms with van der Waals surface area (Å²) in [7, 11) is 0. The maximum absolute atomic E-state index is 12.0. The highest BCUT2D eigenvalue weighted by atomic mass is 16.5. The SMILES string of the molecule is CC(=O)Nc1ccc(C(=O)OCC(=O)N[C@@H](C)c2ccc(C)cc2)cc1. The molecule has 2 N–H and O–H groups in total. The van der Waals surface area contributed by atoms with Crippen LogP contribution in [-0.4, -0.2) is 24.4 Å². The first-order valence-electron chi connectivity index (χ1n) is 8.26. The number of amides is 2. The molecule has 2 rings (SSSR count). The third-order valence-corrected chi connectivity index (χ3v) is 3.73. The second-order valence-corrected chi connectivity index (χ2v) is 6.03. The predicted octanol–water partition coefficient (Wildman–Crippen LogP) is 2.99. The van der Waals surface area contributed by atoms with Gasteiger partial charge in [0.05, 0.1) is 11.6 Å². The molecule has 0 aliphatic carbocycles. The molecule has 0 heterocycles. The van der Waals surface area contributed by atoms with Crippen LogP contribution in [0.2, 0.25) is 0 Å². The Hall–Kier alpha value is -3.15. The average Bonchev–Trinajstić information content (AvgIpc) is 2.60. The molecule has 1 atom stereocenters. The summed E-state index contributed by atoms with van der Waals surface area (Å²) in [6.07, 6.45) is 0. The van der Waals surface area contributed by atoms with Crippen LogP contribution in [0.15, 0.2) is 48.5 Å². The van der Waals surface area contributed by atoms with E-state index in [0.717, 1.165) is 11.1 Å². The summed E-state index contributed by atoms with van der Waals surface area (Å²) < 4.78 is 5.03. The van der Waals surface area contributed by atoms with E-state index in [1.165, 1.54) is 19.1 Å². The van der Waals surface area contributed by atoms with Crippen LogP contribution in [0.25, 0.3) is 0 Å². The summed E-state index contributed by atoms with van der Waals surface area (Å²) in [4.78, 5) is 34.9. The molecule has 0 bridgehead atoms. The van der Waals surface area contributed by atoms with Crippen LogP contribution in [0, 0.1) is 6.92 Å². The molecule has 26 heavy (non-hydrogen) atoms. The molecule has 0 unspecified atom stereocenters. The fourth-order valence-electron chi connectivity index (χ4n) is 2.33. The number of anilines is 1. The topological polar surface area (TPSA) is 84.5 Å². The summed E-state index contributed by atoms with van der Waals surface area (Å²) in [6.45, 7) is 4.90. The Labute approximate surface area is 152 Å².